The fourth-order valence-electron chi connectivity index (χ4n) is 3.01. The number of halogens is 1. The van der Waals surface area contributed by atoms with Crippen molar-refractivity contribution in [2.75, 3.05) is 23.5 Å². The molecule has 1 atom stereocenters. The number of hydrogen-bond acceptors (Lipinski definition) is 4. The second-order valence-corrected chi connectivity index (χ2v) is 8.58. The van der Waals surface area contributed by atoms with Gasteiger partial charge in [0.15, 0.2) is 9.84 Å². The number of methoxy groups -OCH3 is 1. The summed E-state index contributed by atoms with van der Waals surface area (Å²) in [6.07, 6.45) is 0.402. The van der Waals surface area contributed by atoms with Crippen LogP contribution >= 0.6 is 11.6 Å². The molecule has 132 valence electrons. The summed E-state index contributed by atoms with van der Waals surface area (Å²) in [5.41, 5.74) is 1.01. The first kappa shape index (κ1) is 17.8. The summed E-state index contributed by atoms with van der Waals surface area (Å²) in [5, 5.41) is 0.531. The maximum atomic E-state index is 13.2. The molecule has 1 amide bonds. The lowest BCUT2D eigenvalue weighted by Crippen LogP contribution is -2.41. The van der Waals surface area contributed by atoms with Crippen molar-refractivity contribution in [3.05, 3.63) is 59.1 Å². The summed E-state index contributed by atoms with van der Waals surface area (Å²) in [5.74, 6) is 0.277. The van der Waals surface area contributed by atoms with E-state index in [1.54, 1.807) is 48.5 Å². The van der Waals surface area contributed by atoms with Crippen molar-refractivity contribution in [2.45, 2.75) is 12.5 Å². The molecule has 1 aliphatic heterocycles. The van der Waals surface area contributed by atoms with E-state index in [0.29, 0.717) is 28.4 Å². The van der Waals surface area contributed by atoms with Crippen LogP contribution in [0, 0.1) is 0 Å². The Morgan fingerprint density at radius 1 is 1.16 bits per heavy atom. The minimum Gasteiger partial charge on any atom is -0.495 e. The van der Waals surface area contributed by atoms with E-state index in [1.165, 1.54) is 12.0 Å². The van der Waals surface area contributed by atoms with E-state index in [0.717, 1.165) is 0 Å². The maximum Gasteiger partial charge on any atom is 0.258 e. The molecule has 1 heterocycles. The summed E-state index contributed by atoms with van der Waals surface area (Å²) >= 11 is 5.90. The van der Waals surface area contributed by atoms with Crippen molar-refractivity contribution in [2.24, 2.45) is 0 Å². The molecule has 1 aliphatic rings. The highest BCUT2D eigenvalue weighted by Crippen LogP contribution is 2.33. The molecule has 0 radical (unpaired) electrons. The van der Waals surface area contributed by atoms with Gasteiger partial charge in [0.25, 0.3) is 5.91 Å². The van der Waals surface area contributed by atoms with E-state index < -0.39 is 15.9 Å². The normalized spacial score (nSPS) is 18.7. The van der Waals surface area contributed by atoms with E-state index in [9.17, 15) is 13.2 Å². The maximum absolute atomic E-state index is 13.2. The Labute approximate surface area is 152 Å². The number of amides is 1. The van der Waals surface area contributed by atoms with E-state index in [4.69, 9.17) is 16.3 Å². The molecular weight excluding hydrogens is 362 g/mol. The Morgan fingerprint density at radius 2 is 1.84 bits per heavy atom. The van der Waals surface area contributed by atoms with Crippen LogP contribution in [0.5, 0.6) is 5.75 Å². The first-order chi connectivity index (χ1) is 11.9. The van der Waals surface area contributed by atoms with Crippen molar-refractivity contribution in [3.63, 3.8) is 0 Å². The van der Waals surface area contributed by atoms with E-state index in [-0.39, 0.29) is 17.4 Å². The molecule has 0 saturated carbocycles. The van der Waals surface area contributed by atoms with Crippen molar-refractivity contribution in [1.29, 1.82) is 0 Å². The van der Waals surface area contributed by atoms with Gasteiger partial charge in [-0.1, -0.05) is 23.7 Å². The third-order valence-corrected chi connectivity index (χ3v) is 6.23. The van der Waals surface area contributed by atoms with Crippen LogP contribution in [-0.4, -0.2) is 39.0 Å². The van der Waals surface area contributed by atoms with Gasteiger partial charge in [-0.2, -0.15) is 0 Å². The first-order valence-electron chi connectivity index (χ1n) is 7.84. The number of hydrogen-bond donors (Lipinski definition) is 0. The molecule has 3 rings (SSSR count). The Hall–Kier alpha value is -2.05. The number of nitrogens with zero attached hydrogens (tertiary/aromatic N) is 1. The molecule has 25 heavy (non-hydrogen) atoms. The Bertz CT molecular complexity index is 880. The molecule has 0 spiro atoms. The van der Waals surface area contributed by atoms with Crippen LogP contribution < -0.4 is 9.64 Å². The monoisotopic (exact) mass is 379 g/mol. The Morgan fingerprint density at radius 3 is 2.44 bits per heavy atom. The molecule has 0 N–H and O–H groups in total. The van der Waals surface area contributed by atoms with Crippen molar-refractivity contribution < 1.29 is 17.9 Å². The summed E-state index contributed by atoms with van der Waals surface area (Å²) in [4.78, 5) is 14.7. The number of anilines is 1. The lowest BCUT2D eigenvalue weighted by atomic mass is 10.1. The molecule has 1 unspecified atom stereocenters. The average molecular weight is 380 g/mol. The van der Waals surface area contributed by atoms with Crippen LogP contribution in [0.25, 0.3) is 0 Å². The van der Waals surface area contributed by atoms with Crippen LogP contribution in [0.1, 0.15) is 16.8 Å². The van der Waals surface area contributed by atoms with Gasteiger partial charge in [0.1, 0.15) is 5.75 Å². The lowest BCUT2D eigenvalue weighted by Gasteiger charge is -2.29. The largest absolute Gasteiger partial charge is 0.495 e. The van der Waals surface area contributed by atoms with Gasteiger partial charge in [-0.15, -0.1) is 0 Å². The molecule has 0 aromatic heterocycles. The zero-order valence-corrected chi connectivity index (χ0v) is 15.3. The van der Waals surface area contributed by atoms with Crippen LogP contribution in [0.2, 0.25) is 5.02 Å². The highest BCUT2D eigenvalue weighted by Gasteiger charge is 2.37. The lowest BCUT2D eigenvalue weighted by molar-refractivity contribution is 0.0978. The fourth-order valence-corrected chi connectivity index (χ4v) is 4.84. The summed E-state index contributed by atoms with van der Waals surface area (Å²) in [6.45, 7) is 0. The predicted molar refractivity (Wildman–Crippen MR) is 98.3 cm³/mol. The minimum atomic E-state index is -3.15. The second kappa shape index (κ2) is 7.06. The molecule has 7 heteroatoms. The van der Waals surface area contributed by atoms with Crippen molar-refractivity contribution in [3.8, 4) is 5.75 Å². The SMILES string of the molecule is COc1ccccc1N(C(=O)c1ccc(Cl)cc1)C1CCS(=O)(=O)C1. The molecule has 0 aliphatic carbocycles. The second-order valence-electron chi connectivity index (χ2n) is 5.91. The number of para-hydroxylation sites is 2. The van der Waals surface area contributed by atoms with Crippen molar-refractivity contribution >= 4 is 33.0 Å². The van der Waals surface area contributed by atoms with Crippen LogP contribution in [0.4, 0.5) is 5.69 Å². The highest BCUT2D eigenvalue weighted by atomic mass is 35.5. The molecule has 0 bridgehead atoms. The predicted octanol–water partition coefficient (Wildman–Crippen LogP) is 3.18. The highest BCUT2D eigenvalue weighted by molar-refractivity contribution is 7.91. The first-order valence-corrected chi connectivity index (χ1v) is 10.0. The molecule has 2 aromatic carbocycles. The van der Waals surface area contributed by atoms with Gasteiger partial charge in [0.2, 0.25) is 0 Å². The zero-order chi connectivity index (χ0) is 18.0. The van der Waals surface area contributed by atoms with Gasteiger partial charge in [0.05, 0.1) is 30.3 Å². The average Bonchev–Trinajstić information content (AvgIpc) is 2.95. The topological polar surface area (TPSA) is 63.7 Å². The summed E-state index contributed by atoms with van der Waals surface area (Å²) in [6, 6.07) is 13.2. The van der Waals surface area contributed by atoms with Crippen LogP contribution in [0.3, 0.4) is 0 Å². The smallest absolute Gasteiger partial charge is 0.258 e. The number of rotatable bonds is 4. The Balaban J connectivity index is 2.05. The van der Waals surface area contributed by atoms with E-state index in [2.05, 4.69) is 0 Å². The number of benzene rings is 2. The van der Waals surface area contributed by atoms with Crippen LogP contribution in [-0.2, 0) is 9.84 Å². The quantitative estimate of drug-likeness (QED) is 0.818. The summed E-state index contributed by atoms with van der Waals surface area (Å²) < 4.78 is 29.3. The van der Waals surface area contributed by atoms with E-state index >= 15 is 0 Å². The van der Waals surface area contributed by atoms with Gasteiger partial charge in [-0.05, 0) is 42.8 Å². The molecular formula is C18H18ClNO4S. The summed E-state index contributed by atoms with van der Waals surface area (Å²) in [7, 11) is -1.62. The van der Waals surface area contributed by atoms with Crippen molar-refractivity contribution in [1.82, 2.24) is 0 Å². The standard InChI is InChI=1S/C18H18ClNO4S/c1-24-17-5-3-2-4-16(17)20(15-10-11-25(22,23)12-15)18(21)13-6-8-14(19)9-7-13/h2-9,15H,10-12H2,1H3. The third-order valence-electron chi connectivity index (χ3n) is 4.23. The minimum absolute atomic E-state index is 0.0512. The van der Waals surface area contributed by atoms with Gasteiger partial charge in [-0.3, -0.25) is 4.79 Å². The van der Waals surface area contributed by atoms with Gasteiger partial charge in [0, 0.05) is 10.6 Å². The number of carbonyl (C=O) groups is 1. The fraction of sp³-hybridized carbons (Fsp3) is 0.278. The molecule has 5 nitrogen and oxygen atoms in total. The van der Waals surface area contributed by atoms with E-state index in [1.807, 2.05) is 0 Å². The third kappa shape index (κ3) is 3.80. The molecule has 1 fully saturated rings. The number of carbonyl (C=O) groups excluding carboxylic acids is 1. The Kier molecular flexibility index (Phi) is 5.01. The number of ether oxygens (including phenoxy) is 1. The van der Waals surface area contributed by atoms with Crippen LogP contribution in [0.15, 0.2) is 48.5 Å². The van der Waals surface area contributed by atoms with Gasteiger partial charge < -0.3 is 9.64 Å². The van der Waals surface area contributed by atoms with Gasteiger partial charge >= 0.3 is 0 Å². The zero-order valence-electron chi connectivity index (χ0n) is 13.7. The molecule has 2 aromatic rings. The van der Waals surface area contributed by atoms with Gasteiger partial charge in [-0.25, -0.2) is 8.42 Å². The number of sulfone groups is 1. The molecule has 1 saturated heterocycles.